The Labute approximate surface area is 116 Å². The third-order valence-electron chi connectivity index (χ3n) is 2.85. The first-order valence-electron chi connectivity index (χ1n) is 5.65. The molecule has 2 N–H and O–H groups in total. The van der Waals surface area contributed by atoms with Gasteiger partial charge in [0.25, 0.3) is 0 Å². The molecule has 0 amide bonds. The predicted octanol–water partition coefficient (Wildman–Crippen LogP) is 1.83. The molecule has 0 aromatic heterocycles. The second-order valence-corrected chi connectivity index (χ2v) is 4.69. The van der Waals surface area contributed by atoms with Crippen molar-refractivity contribution >= 4 is 29.9 Å². The van der Waals surface area contributed by atoms with E-state index in [9.17, 15) is 0 Å². The van der Waals surface area contributed by atoms with Gasteiger partial charge in [-0.2, -0.15) is 0 Å². The van der Waals surface area contributed by atoms with Crippen molar-refractivity contribution in [2.75, 3.05) is 26.7 Å². The lowest BCUT2D eigenvalue weighted by molar-refractivity contribution is 0.0309. The molecule has 1 saturated heterocycles. The first-order chi connectivity index (χ1) is 7.05. The molecule has 1 aliphatic rings. The summed E-state index contributed by atoms with van der Waals surface area (Å²) in [5.74, 6) is 0.667. The van der Waals surface area contributed by atoms with E-state index in [2.05, 4.69) is 9.89 Å². The molecule has 1 fully saturated rings. The zero-order valence-corrected chi connectivity index (χ0v) is 12.9. The molecule has 16 heavy (non-hydrogen) atoms. The Bertz CT molecular complexity index is 225. The first-order valence-corrected chi connectivity index (χ1v) is 5.65. The molecule has 0 saturated carbocycles. The van der Waals surface area contributed by atoms with Gasteiger partial charge in [-0.1, -0.05) is 0 Å². The Hall–Kier alpha value is -0.0400. The van der Waals surface area contributed by atoms with Crippen LogP contribution >= 0.6 is 24.0 Å². The van der Waals surface area contributed by atoms with E-state index in [1.54, 1.807) is 7.11 Å². The smallest absolute Gasteiger partial charge is 0.191 e. The molecule has 1 rings (SSSR count). The second-order valence-electron chi connectivity index (χ2n) is 4.69. The van der Waals surface area contributed by atoms with Gasteiger partial charge < -0.3 is 15.4 Å². The largest absolute Gasteiger partial charge is 0.377 e. The molecule has 5 heteroatoms. The average Bonchev–Trinajstić information content (AvgIpc) is 2.27. The van der Waals surface area contributed by atoms with Crippen LogP contribution in [0.5, 0.6) is 0 Å². The summed E-state index contributed by atoms with van der Waals surface area (Å²) in [7, 11) is 1.70. The summed E-state index contributed by atoms with van der Waals surface area (Å²) in [6, 6.07) is 0. The third kappa shape index (κ3) is 5.34. The summed E-state index contributed by atoms with van der Waals surface area (Å²) >= 11 is 0. The standard InChI is InChI=1S/C11H23N3O.HI/c1-11(2,15-3)9-13-10(12)14-7-5-4-6-8-14;/h4-9H2,1-3H3,(H2,12,13);1H. The van der Waals surface area contributed by atoms with Gasteiger partial charge in [0.15, 0.2) is 5.96 Å². The number of likely N-dealkylation sites (tertiary alicyclic amines) is 1. The van der Waals surface area contributed by atoms with Crippen molar-refractivity contribution in [1.29, 1.82) is 0 Å². The number of ether oxygens (including phenoxy) is 1. The Morgan fingerprint density at radius 1 is 1.31 bits per heavy atom. The van der Waals surface area contributed by atoms with Crippen LogP contribution in [-0.4, -0.2) is 43.2 Å². The minimum Gasteiger partial charge on any atom is -0.377 e. The molecule has 0 spiro atoms. The molecule has 0 radical (unpaired) electrons. The van der Waals surface area contributed by atoms with Crippen molar-refractivity contribution in [2.45, 2.75) is 38.7 Å². The maximum absolute atomic E-state index is 5.93. The van der Waals surface area contributed by atoms with E-state index in [-0.39, 0.29) is 29.6 Å². The zero-order valence-electron chi connectivity index (χ0n) is 10.5. The van der Waals surface area contributed by atoms with E-state index in [1.165, 1.54) is 19.3 Å². The van der Waals surface area contributed by atoms with Crippen LogP contribution in [0, 0.1) is 0 Å². The molecule has 96 valence electrons. The van der Waals surface area contributed by atoms with Crippen LogP contribution in [0.4, 0.5) is 0 Å². The van der Waals surface area contributed by atoms with Crippen LogP contribution in [0.1, 0.15) is 33.1 Å². The lowest BCUT2D eigenvalue weighted by Gasteiger charge is -2.28. The molecule has 1 heterocycles. The average molecular weight is 341 g/mol. The molecule has 0 atom stereocenters. The molecule has 0 unspecified atom stereocenters. The number of nitrogens with zero attached hydrogens (tertiary/aromatic N) is 2. The van der Waals surface area contributed by atoms with Gasteiger partial charge in [-0.25, -0.2) is 0 Å². The van der Waals surface area contributed by atoms with E-state index >= 15 is 0 Å². The van der Waals surface area contributed by atoms with Gasteiger partial charge in [-0.3, -0.25) is 4.99 Å². The Kier molecular flexibility index (Phi) is 7.30. The molecule has 0 aliphatic carbocycles. The summed E-state index contributed by atoms with van der Waals surface area (Å²) < 4.78 is 5.29. The highest BCUT2D eigenvalue weighted by molar-refractivity contribution is 14.0. The van der Waals surface area contributed by atoms with Crippen LogP contribution < -0.4 is 5.73 Å². The number of hydrogen-bond donors (Lipinski definition) is 1. The van der Waals surface area contributed by atoms with Gasteiger partial charge in [-0.05, 0) is 33.1 Å². The Morgan fingerprint density at radius 3 is 2.38 bits per heavy atom. The van der Waals surface area contributed by atoms with Gasteiger partial charge in [0.1, 0.15) is 0 Å². The van der Waals surface area contributed by atoms with Crippen LogP contribution in [-0.2, 0) is 4.74 Å². The van der Waals surface area contributed by atoms with Crippen LogP contribution in [0.3, 0.4) is 0 Å². The zero-order chi connectivity index (χ0) is 11.3. The number of rotatable bonds is 3. The monoisotopic (exact) mass is 341 g/mol. The topological polar surface area (TPSA) is 50.9 Å². The second kappa shape index (κ2) is 7.32. The molecule has 0 aromatic rings. The normalized spacial score (nSPS) is 18.2. The maximum Gasteiger partial charge on any atom is 0.191 e. The molecular weight excluding hydrogens is 317 g/mol. The van der Waals surface area contributed by atoms with E-state index in [4.69, 9.17) is 10.5 Å². The number of piperidine rings is 1. The number of halogens is 1. The number of hydrogen-bond acceptors (Lipinski definition) is 2. The number of aliphatic imine (C=N–C) groups is 1. The molecule has 4 nitrogen and oxygen atoms in total. The fourth-order valence-corrected chi connectivity index (χ4v) is 1.56. The number of nitrogens with two attached hydrogens (primary N) is 1. The minimum absolute atomic E-state index is 0. The van der Waals surface area contributed by atoms with Gasteiger partial charge in [0.05, 0.1) is 12.1 Å². The summed E-state index contributed by atoms with van der Waals surface area (Å²) in [5, 5.41) is 0. The highest BCUT2D eigenvalue weighted by Crippen LogP contribution is 2.10. The van der Waals surface area contributed by atoms with E-state index in [1.807, 2.05) is 13.8 Å². The predicted molar refractivity (Wildman–Crippen MR) is 78.4 cm³/mol. The van der Waals surface area contributed by atoms with Crippen LogP contribution in [0.2, 0.25) is 0 Å². The minimum atomic E-state index is -0.222. The van der Waals surface area contributed by atoms with Gasteiger partial charge in [0.2, 0.25) is 0 Å². The summed E-state index contributed by atoms with van der Waals surface area (Å²) in [5.41, 5.74) is 5.71. The van der Waals surface area contributed by atoms with Crippen molar-refractivity contribution in [3.8, 4) is 0 Å². The van der Waals surface area contributed by atoms with Gasteiger partial charge in [-0.15, -0.1) is 24.0 Å². The Morgan fingerprint density at radius 2 is 1.88 bits per heavy atom. The lowest BCUT2D eigenvalue weighted by atomic mass is 10.1. The SMILES string of the molecule is COC(C)(C)CN=C(N)N1CCCCC1.I. The van der Waals surface area contributed by atoms with E-state index < -0.39 is 0 Å². The summed E-state index contributed by atoms with van der Waals surface area (Å²) in [4.78, 5) is 6.55. The fourth-order valence-electron chi connectivity index (χ4n) is 1.56. The van der Waals surface area contributed by atoms with Crippen molar-refractivity contribution in [3.05, 3.63) is 0 Å². The van der Waals surface area contributed by atoms with Crippen LogP contribution in [0.25, 0.3) is 0 Å². The highest BCUT2D eigenvalue weighted by Gasteiger charge is 2.17. The molecule has 0 bridgehead atoms. The van der Waals surface area contributed by atoms with E-state index in [0.29, 0.717) is 12.5 Å². The molecular formula is C11H24IN3O. The van der Waals surface area contributed by atoms with Crippen molar-refractivity contribution in [3.63, 3.8) is 0 Å². The van der Waals surface area contributed by atoms with Crippen molar-refractivity contribution < 1.29 is 4.74 Å². The third-order valence-corrected chi connectivity index (χ3v) is 2.85. The van der Waals surface area contributed by atoms with Crippen LogP contribution in [0.15, 0.2) is 4.99 Å². The Balaban J connectivity index is 0.00000225. The molecule has 1 aliphatic heterocycles. The maximum atomic E-state index is 5.93. The molecule has 0 aromatic carbocycles. The number of methoxy groups -OCH3 is 1. The quantitative estimate of drug-likeness (QED) is 0.484. The van der Waals surface area contributed by atoms with E-state index in [0.717, 1.165) is 13.1 Å². The first kappa shape index (κ1) is 16.0. The highest BCUT2D eigenvalue weighted by atomic mass is 127. The van der Waals surface area contributed by atoms with Gasteiger partial charge in [0, 0.05) is 20.2 Å². The van der Waals surface area contributed by atoms with Gasteiger partial charge >= 0.3 is 0 Å². The fraction of sp³-hybridized carbons (Fsp3) is 0.909. The van der Waals surface area contributed by atoms with Crippen molar-refractivity contribution in [2.24, 2.45) is 10.7 Å². The van der Waals surface area contributed by atoms with Crippen molar-refractivity contribution in [1.82, 2.24) is 4.90 Å². The summed E-state index contributed by atoms with van der Waals surface area (Å²) in [6.07, 6.45) is 3.77. The number of guanidine groups is 1. The lowest BCUT2D eigenvalue weighted by Crippen LogP contribution is -2.42. The summed E-state index contributed by atoms with van der Waals surface area (Å²) in [6.45, 7) is 6.73.